The number of hydrogen-bond acceptors (Lipinski definition) is 5. The van der Waals surface area contributed by atoms with E-state index in [2.05, 4.69) is 15.5 Å². The normalized spacial score (nSPS) is 11.1. The minimum atomic E-state index is -0.792. The standard InChI is InChI=1S/C18H10ClF2N3O2S/c1-8-14(15(24-26-8)10-4-2-3-5-11(10)19)17(25)23-18-22-16-12(21)6-9(20)7-13(16)27-18/h2-7H,1H3,(H,22,23,25). The predicted octanol–water partition coefficient (Wildman–Crippen LogP) is 5.44. The van der Waals surface area contributed by atoms with E-state index in [4.69, 9.17) is 16.1 Å². The molecule has 4 rings (SSSR count). The third-order valence-electron chi connectivity index (χ3n) is 3.85. The van der Waals surface area contributed by atoms with Crippen LogP contribution in [0, 0.1) is 18.6 Å². The molecule has 1 amide bonds. The monoisotopic (exact) mass is 405 g/mol. The van der Waals surface area contributed by atoms with Crippen molar-refractivity contribution in [3.8, 4) is 11.3 Å². The minimum absolute atomic E-state index is 0.00920. The Morgan fingerprint density at radius 3 is 2.81 bits per heavy atom. The fourth-order valence-electron chi connectivity index (χ4n) is 2.65. The maximum atomic E-state index is 13.8. The highest BCUT2D eigenvalue weighted by atomic mass is 35.5. The van der Waals surface area contributed by atoms with E-state index in [0.29, 0.717) is 16.3 Å². The number of fused-ring (bicyclic) bond motifs is 1. The molecule has 0 aliphatic rings. The SMILES string of the molecule is Cc1onc(-c2ccccc2Cl)c1C(=O)Nc1nc2c(F)cc(F)cc2s1. The van der Waals surface area contributed by atoms with Gasteiger partial charge in [0.1, 0.15) is 28.4 Å². The van der Waals surface area contributed by atoms with Crippen LogP contribution in [-0.4, -0.2) is 16.0 Å². The highest BCUT2D eigenvalue weighted by Gasteiger charge is 2.24. The first kappa shape index (κ1) is 17.6. The summed E-state index contributed by atoms with van der Waals surface area (Å²) in [5.41, 5.74) is 1.01. The summed E-state index contributed by atoms with van der Waals surface area (Å²) in [4.78, 5) is 16.8. The average Bonchev–Trinajstić information content (AvgIpc) is 3.18. The van der Waals surface area contributed by atoms with E-state index >= 15 is 0 Å². The van der Waals surface area contributed by atoms with Gasteiger partial charge in [0, 0.05) is 11.6 Å². The summed E-state index contributed by atoms with van der Waals surface area (Å²) in [7, 11) is 0. The molecular formula is C18H10ClF2N3O2S. The lowest BCUT2D eigenvalue weighted by molar-refractivity contribution is 0.102. The molecule has 27 heavy (non-hydrogen) atoms. The van der Waals surface area contributed by atoms with Crippen molar-refractivity contribution in [2.75, 3.05) is 5.32 Å². The highest BCUT2D eigenvalue weighted by molar-refractivity contribution is 7.22. The molecule has 4 aromatic rings. The summed E-state index contributed by atoms with van der Waals surface area (Å²) in [6, 6.07) is 8.81. The molecule has 9 heteroatoms. The first-order valence-electron chi connectivity index (χ1n) is 7.72. The van der Waals surface area contributed by atoms with Crippen LogP contribution >= 0.6 is 22.9 Å². The van der Waals surface area contributed by atoms with Gasteiger partial charge in [-0.15, -0.1) is 0 Å². The smallest absolute Gasteiger partial charge is 0.263 e. The highest BCUT2D eigenvalue weighted by Crippen LogP contribution is 2.33. The molecule has 0 fully saturated rings. The van der Waals surface area contributed by atoms with Crippen LogP contribution < -0.4 is 5.32 Å². The molecule has 0 aliphatic heterocycles. The molecule has 0 radical (unpaired) electrons. The molecule has 0 saturated carbocycles. The molecule has 0 bridgehead atoms. The number of nitrogens with one attached hydrogen (secondary N) is 1. The molecule has 2 aromatic heterocycles. The summed E-state index contributed by atoms with van der Waals surface area (Å²) in [5, 5.41) is 7.06. The number of thiazole rings is 1. The van der Waals surface area contributed by atoms with Crippen molar-refractivity contribution in [3.63, 3.8) is 0 Å². The second-order valence-corrected chi connectivity index (χ2v) is 7.09. The number of anilines is 1. The first-order valence-corrected chi connectivity index (χ1v) is 8.91. The van der Waals surface area contributed by atoms with Crippen molar-refractivity contribution >= 4 is 44.2 Å². The van der Waals surface area contributed by atoms with E-state index in [0.717, 1.165) is 23.5 Å². The van der Waals surface area contributed by atoms with Crippen LogP contribution in [0.2, 0.25) is 5.02 Å². The molecule has 136 valence electrons. The van der Waals surface area contributed by atoms with E-state index in [9.17, 15) is 13.6 Å². The minimum Gasteiger partial charge on any atom is -0.360 e. The van der Waals surface area contributed by atoms with E-state index in [1.165, 1.54) is 0 Å². The number of hydrogen-bond donors (Lipinski definition) is 1. The largest absolute Gasteiger partial charge is 0.360 e. The zero-order valence-electron chi connectivity index (χ0n) is 13.7. The van der Waals surface area contributed by atoms with Gasteiger partial charge in [0.2, 0.25) is 0 Å². The van der Waals surface area contributed by atoms with Gasteiger partial charge in [0.25, 0.3) is 5.91 Å². The van der Waals surface area contributed by atoms with Gasteiger partial charge in [-0.1, -0.05) is 46.3 Å². The van der Waals surface area contributed by atoms with Gasteiger partial charge in [-0.05, 0) is 19.1 Å². The van der Waals surface area contributed by atoms with E-state index < -0.39 is 17.5 Å². The van der Waals surface area contributed by atoms with Crippen LogP contribution in [0.4, 0.5) is 13.9 Å². The van der Waals surface area contributed by atoms with Gasteiger partial charge in [-0.25, -0.2) is 13.8 Å². The van der Waals surface area contributed by atoms with Crippen LogP contribution in [0.25, 0.3) is 21.5 Å². The number of benzene rings is 2. The number of amides is 1. The van der Waals surface area contributed by atoms with Crippen molar-refractivity contribution in [1.82, 2.24) is 10.1 Å². The van der Waals surface area contributed by atoms with Crippen LogP contribution in [0.1, 0.15) is 16.1 Å². The third kappa shape index (κ3) is 3.17. The summed E-state index contributed by atoms with van der Waals surface area (Å²) in [6.07, 6.45) is 0. The number of carbonyl (C=O) groups is 1. The zero-order chi connectivity index (χ0) is 19.1. The Balaban J connectivity index is 1.72. The lowest BCUT2D eigenvalue weighted by atomic mass is 10.1. The Morgan fingerprint density at radius 1 is 1.26 bits per heavy atom. The molecular weight excluding hydrogens is 396 g/mol. The molecule has 1 N–H and O–H groups in total. The summed E-state index contributed by atoms with van der Waals surface area (Å²) < 4.78 is 32.6. The van der Waals surface area contributed by atoms with Gasteiger partial charge in [0.15, 0.2) is 10.9 Å². The topological polar surface area (TPSA) is 68.0 Å². The quantitative estimate of drug-likeness (QED) is 0.492. The Kier molecular flexibility index (Phi) is 4.37. The second kappa shape index (κ2) is 6.71. The summed E-state index contributed by atoms with van der Waals surface area (Å²) in [6.45, 7) is 1.59. The second-order valence-electron chi connectivity index (χ2n) is 5.65. The van der Waals surface area contributed by atoms with Crippen molar-refractivity contribution < 1.29 is 18.1 Å². The van der Waals surface area contributed by atoms with Crippen molar-refractivity contribution in [3.05, 3.63) is 64.4 Å². The average molecular weight is 406 g/mol. The van der Waals surface area contributed by atoms with Crippen molar-refractivity contribution in [1.29, 1.82) is 0 Å². The number of halogens is 3. The molecule has 0 saturated heterocycles. The Labute approximate surface area is 160 Å². The maximum absolute atomic E-state index is 13.8. The van der Waals surface area contributed by atoms with Crippen LogP contribution in [-0.2, 0) is 0 Å². The van der Waals surface area contributed by atoms with E-state index in [-0.39, 0.29) is 26.6 Å². The van der Waals surface area contributed by atoms with Crippen molar-refractivity contribution in [2.24, 2.45) is 0 Å². The fourth-order valence-corrected chi connectivity index (χ4v) is 3.77. The van der Waals surface area contributed by atoms with Gasteiger partial charge in [0.05, 0.1) is 9.72 Å². The number of nitrogens with zero attached hydrogens (tertiary/aromatic N) is 2. The Morgan fingerprint density at radius 2 is 2.04 bits per heavy atom. The van der Waals surface area contributed by atoms with Crippen LogP contribution in [0.15, 0.2) is 40.9 Å². The lowest BCUT2D eigenvalue weighted by Gasteiger charge is -2.04. The zero-order valence-corrected chi connectivity index (χ0v) is 15.3. The lowest BCUT2D eigenvalue weighted by Crippen LogP contribution is -2.13. The number of carbonyl (C=O) groups excluding carboxylic acids is 1. The van der Waals surface area contributed by atoms with E-state index in [1.54, 1.807) is 31.2 Å². The molecule has 2 aromatic carbocycles. The molecule has 2 heterocycles. The summed E-state index contributed by atoms with van der Waals surface area (Å²) in [5.74, 6) is -1.75. The Hall–Kier alpha value is -2.84. The maximum Gasteiger partial charge on any atom is 0.263 e. The molecule has 5 nitrogen and oxygen atoms in total. The Bertz CT molecular complexity index is 1190. The number of aromatic nitrogens is 2. The van der Waals surface area contributed by atoms with E-state index in [1.807, 2.05) is 0 Å². The predicted molar refractivity (Wildman–Crippen MR) is 99.2 cm³/mol. The van der Waals surface area contributed by atoms with Crippen LogP contribution in [0.5, 0.6) is 0 Å². The van der Waals surface area contributed by atoms with Gasteiger partial charge in [-0.3, -0.25) is 10.1 Å². The molecule has 0 atom stereocenters. The van der Waals surface area contributed by atoms with Crippen LogP contribution in [0.3, 0.4) is 0 Å². The number of rotatable bonds is 3. The first-order chi connectivity index (χ1) is 12.9. The number of aryl methyl sites for hydroxylation is 1. The third-order valence-corrected chi connectivity index (χ3v) is 5.10. The van der Waals surface area contributed by atoms with Gasteiger partial charge in [-0.2, -0.15) is 0 Å². The molecule has 0 aliphatic carbocycles. The fraction of sp³-hybridized carbons (Fsp3) is 0.0556. The summed E-state index contributed by atoms with van der Waals surface area (Å²) >= 11 is 7.15. The molecule has 0 spiro atoms. The molecule has 0 unspecified atom stereocenters. The van der Waals surface area contributed by atoms with Gasteiger partial charge >= 0.3 is 0 Å². The van der Waals surface area contributed by atoms with Crippen molar-refractivity contribution in [2.45, 2.75) is 6.92 Å². The van der Waals surface area contributed by atoms with Gasteiger partial charge < -0.3 is 4.52 Å².